The molecule has 7 aromatic carbocycles. The number of sulfonamides is 1. The number of rotatable bonds is 15. The van der Waals surface area contributed by atoms with Gasteiger partial charge in [-0.05, 0) is 146 Å². The Hall–Kier alpha value is -10.6. The summed E-state index contributed by atoms with van der Waals surface area (Å²) >= 11 is 6.31. The number of nitrogens with one attached hydrogen (secondary N) is 5. The van der Waals surface area contributed by atoms with Gasteiger partial charge in [0, 0.05) is 55.2 Å². The number of fused-ring (bicyclic) bond motifs is 20. The summed E-state index contributed by atoms with van der Waals surface area (Å²) in [5, 5.41) is 18.4. The number of halogens is 1. The average molecular weight is 1550 g/mol. The van der Waals surface area contributed by atoms with Crippen LogP contribution in [-0.4, -0.2) is 146 Å². The number of azo groups is 1. The maximum absolute atomic E-state index is 14.6. The second-order valence-corrected chi connectivity index (χ2v) is 30.8. The number of carbonyl (C=O) groups is 1. The molecule has 3 aliphatic rings. The molecule has 36 nitrogen and oxygen atoms in total. The van der Waals surface area contributed by atoms with E-state index in [2.05, 4.69) is 65.6 Å². The van der Waals surface area contributed by atoms with E-state index in [1.54, 1.807) is 0 Å². The van der Waals surface area contributed by atoms with E-state index < -0.39 is 108 Å². The molecule has 0 spiro atoms. The van der Waals surface area contributed by atoms with Gasteiger partial charge in [-0.1, -0.05) is 12.1 Å². The van der Waals surface area contributed by atoms with Gasteiger partial charge in [0.2, 0.25) is 17.2 Å². The van der Waals surface area contributed by atoms with Gasteiger partial charge in [-0.25, -0.2) is 38.3 Å². The maximum Gasteiger partial charge on any atom is 2.00 e. The summed E-state index contributed by atoms with van der Waals surface area (Å²) in [6.07, 6.45) is 0. The third-order valence-corrected chi connectivity index (χ3v) is 21.0. The zero-order valence-corrected chi connectivity index (χ0v) is 56.4. The zero-order valence-electron chi connectivity index (χ0n) is 49.8. The molecule has 7 heterocycles. The number of nitrogens with zero attached hydrogens (tertiary/aromatic N) is 13. The van der Waals surface area contributed by atoms with E-state index in [9.17, 15) is 78.1 Å². The van der Waals surface area contributed by atoms with Gasteiger partial charge in [0.25, 0.3) is 66.5 Å². The molecule has 1 unspecified atom stereocenters. The van der Waals surface area contributed by atoms with Crippen molar-refractivity contribution in [3.8, 4) is 45.6 Å². The molecule has 1 radical (unpaired) electrons. The maximum atomic E-state index is 14.6. The minimum Gasteiger partial charge on any atom is -0.324 e. The van der Waals surface area contributed by atoms with Gasteiger partial charge in [-0.2, -0.15) is 77.4 Å². The average Bonchev–Trinajstić information content (AvgIpc) is 1.61. The predicted octanol–water partition coefficient (Wildman–Crippen LogP) is 8.10. The molecule has 0 saturated heterocycles. The summed E-state index contributed by atoms with van der Waals surface area (Å²) in [6, 6.07) is 26.5. The van der Waals surface area contributed by atoms with Crippen molar-refractivity contribution in [2.45, 2.75) is 42.3 Å². The number of anilines is 6. The van der Waals surface area contributed by atoms with Gasteiger partial charge in [0.1, 0.15) is 33.2 Å². The number of benzene rings is 7. The Balaban J connectivity index is 0.00000912. The standard InChI is InChI=1S/C57H37ClN18O18S6.Cu/c1-25-45(54(77)76(74-25)29-6-3-7-31(20-29)96(80,81)82)73-72-43-17-8-27(19-44(43)100(92,93)94)60-57-70-55(58)69-56(71-57)59-26-4-2-5-28(18-26)75-95(78,79)30-9-13-35-39(21-30)50-64-48(35)66-51-40-22-32(97(83,84)85)10-14-36(40)46(62-51)61-47-37-15-11-33(98(86,87)88)23-41(37)52(63-47)68-53-42-24-34(99(89,90)91)12-16-38(42)49(65-50)67-53;/h2-24,45,75H,1H3,(H,80,81,82)(H,83,84,85)(H,86,87,88)(H,89,90,91)(H,92,93,94)(H2,59,60,69,70,71)(H2,61,62,63,64,65,66,67,68);/q;+2. The van der Waals surface area contributed by atoms with Gasteiger partial charge >= 0.3 is 17.1 Å². The SMILES string of the molecule is CC1=NN(c2cccc(S(=O)(=O)O)c2)C(=O)C1N=Nc1ccc(Nc2nc(Cl)nc(Nc3cccc(NS(=O)(=O)c4ccc5c(c4)-c4nc-5nc5[nH]c(nc6nc(nc7[nH]c(n4)c4ccc(S(=O)(=O)O)cc74)-c4cc(S(=O)(=O)O)ccc4-6)c4ccc(S(=O)(=O)O)cc54)c3)n2)cc1S(=O)(=O)O.[Cu+2]. The van der Waals surface area contributed by atoms with Gasteiger partial charge < -0.3 is 20.6 Å². The summed E-state index contributed by atoms with van der Waals surface area (Å²) < 4.78 is 206. The van der Waals surface area contributed by atoms with Crippen molar-refractivity contribution < 1.29 is 95.1 Å². The molecule has 515 valence electrons. The van der Waals surface area contributed by atoms with E-state index in [1.807, 2.05) is 0 Å². The van der Waals surface area contributed by atoms with Crippen molar-refractivity contribution in [1.82, 2.24) is 54.8 Å². The predicted molar refractivity (Wildman–Crippen MR) is 356 cm³/mol. The summed E-state index contributed by atoms with van der Waals surface area (Å²) in [5.41, 5.74) is -0.364. The summed E-state index contributed by atoms with van der Waals surface area (Å²) in [4.78, 5) is 56.7. The Kier molecular flexibility index (Phi) is 17.0. The van der Waals surface area contributed by atoms with Crippen molar-refractivity contribution in [2.75, 3.05) is 20.4 Å². The first-order valence-corrected chi connectivity index (χ1v) is 37.0. The summed E-state index contributed by atoms with van der Waals surface area (Å²) in [6.45, 7) is 1.40. The third-order valence-electron chi connectivity index (χ3n) is 15.1. The van der Waals surface area contributed by atoms with Crippen molar-refractivity contribution >= 4 is 168 Å². The molecule has 0 aliphatic carbocycles. The number of hydrogen-bond acceptors (Lipinski definition) is 27. The van der Waals surface area contributed by atoms with E-state index in [4.69, 9.17) is 31.5 Å². The van der Waals surface area contributed by atoms with Crippen LogP contribution in [0.15, 0.2) is 184 Å². The van der Waals surface area contributed by atoms with Gasteiger partial charge in [-0.15, -0.1) is 0 Å². The molecule has 8 bridgehead atoms. The molecule has 0 fully saturated rings. The summed E-state index contributed by atoms with van der Waals surface area (Å²) in [5.74, 6) is -2.05. The van der Waals surface area contributed by atoms with Crippen LogP contribution in [0.5, 0.6) is 0 Å². The van der Waals surface area contributed by atoms with E-state index in [0.29, 0.717) is 0 Å². The van der Waals surface area contributed by atoms with E-state index >= 15 is 0 Å². The third kappa shape index (κ3) is 13.5. The van der Waals surface area contributed by atoms with Crippen LogP contribution in [0.25, 0.3) is 89.7 Å². The van der Waals surface area contributed by atoms with Crippen LogP contribution < -0.4 is 20.4 Å². The Morgan fingerprint density at radius 1 is 0.455 bits per heavy atom. The first kappa shape index (κ1) is 68.9. The van der Waals surface area contributed by atoms with Crippen LogP contribution in [-0.2, 0) is 82.5 Å². The quantitative estimate of drug-likeness (QED) is 0.0263. The minimum atomic E-state index is -5.07. The molecule has 0 saturated carbocycles. The molecule has 1 amide bonds. The molecule has 11 aromatic rings. The monoisotopic (exact) mass is 1550 g/mol. The number of amides is 1. The van der Waals surface area contributed by atoms with E-state index in [-0.39, 0.29) is 152 Å². The number of H-pyrrole nitrogens is 2. The van der Waals surface area contributed by atoms with Crippen LogP contribution in [0.3, 0.4) is 0 Å². The molecular formula is C57H37ClCuN18O18S6+2. The largest absolute Gasteiger partial charge is 2.00 e. The smallest absolute Gasteiger partial charge is 0.324 e. The number of aromatic amines is 2. The van der Waals surface area contributed by atoms with Crippen LogP contribution in [0, 0.1) is 0 Å². The first-order chi connectivity index (χ1) is 47.1. The van der Waals surface area contributed by atoms with Gasteiger partial charge in [0.15, 0.2) is 29.3 Å². The van der Waals surface area contributed by atoms with Crippen LogP contribution in [0.1, 0.15) is 6.92 Å². The Morgan fingerprint density at radius 2 is 0.911 bits per heavy atom. The fourth-order valence-electron chi connectivity index (χ4n) is 10.6. The van der Waals surface area contributed by atoms with Crippen molar-refractivity contribution in [3.63, 3.8) is 0 Å². The van der Waals surface area contributed by atoms with E-state index in [0.717, 1.165) is 65.7 Å². The zero-order chi connectivity index (χ0) is 70.9. The number of aromatic nitrogens is 11. The Bertz CT molecular complexity index is 6490. The topological polar surface area (TPSA) is 547 Å². The molecule has 44 heteroatoms. The number of hydrogen-bond donors (Lipinski definition) is 10. The number of hydrazone groups is 1. The Morgan fingerprint density at radius 3 is 1.45 bits per heavy atom. The molecule has 3 aliphatic heterocycles. The molecule has 1 atom stereocenters. The Labute approximate surface area is 582 Å². The first-order valence-electron chi connectivity index (χ1n) is 28.0. The van der Waals surface area contributed by atoms with E-state index in [1.165, 1.54) is 85.8 Å². The summed E-state index contributed by atoms with van der Waals surface area (Å²) in [7, 11) is -28.9. The van der Waals surface area contributed by atoms with Gasteiger partial charge in [-0.3, -0.25) is 32.3 Å². The van der Waals surface area contributed by atoms with Gasteiger partial charge in [0.05, 0.1) is 41.6 Å². The number of carbonyl (C=O) groups excluding carboxylic acids is 1. The van der Waals surface area contributed by atoms with Crippen LogP contribution >= 0.6 is 11.6 Å². The van der Waals surface area contributed by atoms with Crippen LogP contribution in [0.4, 0.5) is 40.3 Å². The second kappa shape index (κ2) is 24.9. The molecule has 10 N–H and O–H groups in total. The second-order valence-electron chi connectivity index (χ2n) is 21.7. The molecular weight excluding hydrogens is 1520 g/mol. The normalized spacial score (nSPS) is 14.2. The fraction of sp³-hybridized carbons (Fsp3) is 0.0351. The minimum absolute atomic E-state index is 0. The van der Waals surface area contributed by atoms with Crippen molar-refractivity contribution in [1.29, 1.82) is 0 Å². The molecule has 101 heavy (non-hydrogen) atoms. The molecule has 14 rings (SSSR count). The van der Waals surface area contributed by atoms with Crippen LogP contribution in [0.2, 0.25) is 5.28 Å². The molecule has 4 aromatic heterocycles. The van der Waals surface area contributed by atoms with Crippen molar-refractivity contribution in [3.05, 3.63) is 145 Å². The fourth-order valence-corrected chi connectivity index (χ4v) is 14.5. The van der Waals surface area contributed by atoms with Crippen molar-refractivity contribution in [2.24, 2.45) is 15.3 Å².